The van der Waals surface area contributed by atoms with Gasteiger partial charge in [-0.05, 0) is 25.1 Å². The molecule has 0 aliphatic rings. The van der Waals surface area contributed by atoms with Crippen LogP contribution in [0, 0.1) is 0 Å². The van der Waals surface area contributed by atoms with Gasteiger partial charge in [-0.15, -0.1) is 0 Å². The van der Waals surface area contributed by atoms with E-state index in [4.69, 9.17) is 4.52 Å². The van der Waals surface area contributed by atoms with Crippen LogP contribution in [0.5, 0.6) is 0 Å². The van der Waals surface area contributed by atoms with Crippen molar-refractivity contribution in [2.45, 2.75) is 13.5 Å². The highest BCUT2D eigenvalue weighted by Crippen LogP contribution is 2.19. The lowest BCUT2D eigenvalue weighted by Gasteiger charge is -1.97. The minimum Gasteiger partial charge on any atom is -0.338 e. The van der Waals surface area contributed by atoms with Crippen molar-refractivity contribution in [1.82, 2.24) is 19.9 Å². The first-order valence-electron chi connectivity index (χ1n) is 6.49. The van der Waals surface area contributed by atoms with Crippen LogP contribution in [0.3, 0.4) is 0 Å². The number of hydrogen-bond acceptors (Lipinski definition) is 5. The van der Waals surface area contributed by atoms with E-state index < -0.39 is 0 Å². The highest BCUT2D eigenvalue weighted by Gasteiger charge is 2.13. The fourth-order valence-electron chi connectivity index (χ4n) is 1.80. The van der Waals surface area contributed by atoms with Crippen LogP contribution < -0.4 is 5.32 Å². The number of hydrogen-bond donors (Lipinski definition) is 1. The Kier molecular flexibility index (Phi) is 3.46. The van der Waals surface area contributed by atoms with E-state index in [0.29, 0.717) is 23.6 Å². The number of aryl methyl sites for hydroxylation is 1. The summed E-state index contributed by atoms with van der Waals surface area (Å²) in [6.45, 7) is 2.66. The van der Waals surface area contributed by atoms with Gasteiger partial charge in [-0.1, -0.05) is 11.2 Å². The largest absolute Gasteiger partial charge is 0.338 e. The van der Waals surface area contributed by atoms with Gasteiger partial charge < -0.3 is 4.52 Å². The zero-order valence-electron chi connectivity index (χ0n) is 11.4. The Balaban J connectivity index is 1.74. The molecule has 0 radical (unpaired) electrons. The van der Waals surface area contributed by atoms with Gasteiger partial charge in [-0.3, -0.25) is 19.8 Å². The number of nitrogens with zero attached hydrogens (tertiary/aromatic N) is 4. The maximum atomic E-state index is 12.0. The Morgan fingerprint density at radius 3 is 2.95 bits per heavy atom. The summed E-state index contributed by atoms with van der Waals surface area (Å²) < 4.78 is 6.76. The summed E-state index contributed by atoms with van der Waals surface area (Å²) in [6, 6.07) is 8.75. The number of aromatic nitrogens is 4. The molecule has 3 aromatic rings. The quantitative estimate of drug-likeness (QED) is 0.793. The summed E-state index contributed by atoms with van der Waals surface area (Å²) in [5.41, 5.74) is 1.56. The van der Waals surface area contributed by atoms with Gasteiger partial charge in [0, 0.05) is 25.0 Å². The maximum absolute atomic E-state index is 12.0. The standard InChI is InChI=1S/C14H13N5O2/c1-2-19-8-6-11(17-19)14(20)16-13-9-12(18-21-13)10-5-3-4-7-15-10/h3-9H,2H2,1H3,(H,16,20). The second-order valence-corrected chi connectivity index (χ2v) is 4.30. The summed E-state index contributed by atoms with van der Waals surface area (Å²) in [4.78, 5) is 16.2. The molecule has 0 aliphatic heterocycles. The van der Waals surface area contributed by atoms with Crippen LogP contribution in [-0.2, 0) is 6.54 Å². The number of pyridine rings is 1. The SMILES string of the molecule is CCn1ccc(C(=O)Nc2cc(-c3ccccn3)no2)n1. The minimum atomic E-state index is -0.342. The third kappa shape index (κ3) is 2.81. The summed E-state index contributed by atoms with van der Waals surface area (Å²) in [6.07, 6.45) is 3.41. The van der Waals surface area contributed by atoms with Gasteiger partial charge in [0.05, 0.1) is 5.69 Å². The number of rotatable bonds is 4. The fraction of sp³-hybridized carbons (Fsp3) is 0.143. The van der Waals surface area contributed by atoms with Crippen molar-refractivity contribution >= 4 is 11.8 Å². The van der Waals surface area contributed by atoms with E-state index in [-0.39, 0.29) is 11.8 Å². The molecule has 0 saturated carbocycles. The van der Waals surface area contributed by atoms with Crippen LogP contribution in [0.2, 0.25) is 0 Å². The van der Waals surface area contributed by atoms with Gasteiger partial charge >= 0.3 is 0 Å². The van der Waals surface area contributed by atoms with Gasteiger partial charge in [0.15, 0.2) is 5.69 Å². The first-order valence-corrected chi connectivity index (χ1v) is 6.49. The Morgan fingerprint density at radius 2 is 2.24 bits per heavy atom. The summed E-state index contributed by atoms with van der Waals surface area (Å²) >= 11 is 0. The van der Waals surface area contributed by atoms with Gasteiger partial charge in [-0.25, -0.2) is 0 Å². The molecule has 0 saturated heterocycles. The molecule has 7 heteroatoms. The van der Waals surface area contributed by atoms with E-state index in [2.05, 4.69) is 20.6 Å². The molecule has 0 spiro atoms. The zero-order chi connectivity index (χ0) is 14.7. The Hall–Kier alpha value is -2.96. The first-order chi connectivity index (χ1) is 10.3. The van der Waals surface area contributed by atoms with Crippen molar-refractivity contribution < 1.29 is 9.32 Å². The van der Waals surface area contributed by atoms with Crippen LogP contribution in [0.4, 0.5) is 5.88 Å². The fourth-order valence-corrected chi connectivity index (χ4v) is 1.80. The Bertz CT molecular complexity index is 748. The lowest BCUT2D eigenvalue weighted by molar-refractivity contribution is 0.101. The summed E-state index contributed by atoms with van der Waals surface area (Å²) in [5.74, 6) is -0.0855. The second kappa shape index (κ2) is 5.58. The monoisotopic (exact) mass is 283 g/mol. The molecule has 0 bridgehead atoms. The van der Waals surface area contributed by atoms with Crippen molar-refractivity contribution in [3.05, 3.63) is 48.4 Å². The van der Waals surface area contributed by atoms with Gasteiger partial charge in [0.1, 0.15) is 5.69 Å². The van der Waals surface area contributed by atoms with Crippen molar-refractivity contribution in [3.63, 3.8) is 0 Å². The van der Waals surface area contributed by atoms with Gasteiger partial charge in [0.25, 0.3) is 5.91 Å². The van der Waals surface area contributed by atoms with Crippen LogP contribution in [-0.4, -0.2) is 25.8 Å². The second-order valence-electron chi connectivity index (χ2n) is 4.30. The molecular formula is C14H13N5O2. The normalized spacial score (nSPS) is 10.5. The van der Waals surface area contributed by atoms with E-state index >= 15 is 0 Å². The van der Waals surface area contributed by atoms with Crippen molar-refractivity contribution in [1.29, 1.82) is 0 Å². The molecule has 0 atom stereocenters. The number of carbonyl (C=O) groups is 1. The molecule has 3 aromatic heterocycles. The van der Waals surface area contributed by atoms with E-state index in [9.17, 15) is 4.79 Å². The lowest BCUT2D eigenvalue weighted by atomic mass is 10.3. The highest BCUT2D eigenvalue weighted by molar-refractivity contribution is 6.02. The van der Waals surface area contributed by atoms with Crippen LogP contribution in [0.25, 0.3) is 11.4 Å². The van der Waals surface area contributed by atoms with Gasteiger partial charge in [-0.2, -0.15) is 5.10 Å². The molecule has 21 heavy (non-hydrogen) atoms. The van der Waals surface area contributed by atoms with Crippen LogP contribution >= 0.6 is 0 Å². The highest BCUT2D eigenvalue weighted by atomic mass is 16.5. The van der Waals surface area contributed by atoms with Crippen LogP contribution in [0.1, 0.15) is 17.4 Å². The van der Waals surface area contributed by atoms with Crippen LogP contribution in [0.15, 0.2) is 47.2 Å². The molecule has 1 amide bonds. The molecule has 0 fully saturated rings. The van der Waals surface area contributed by atoms with Crippen molar-refractivity contribution in [3.8, 4) is 11.4 Å². The third-order valence-electron chi connectivity index (χ3n) is 2.87. The average molecular weight is 283 g/mol. The average Bonchev–Trinajstić information content (AvgIpc) is 3.17. The Labute approximate surface area is 120 Å². The first kappa shape index (κ1) is 13.0. The lowest BCUT2D eigenvalue weighted by Crippen LogP contribution is -2.12. The number of carbonyl (C=O) groups excluding carboxylic acids is 1. The molecule has 3 rings (SSSR count). The smallest absolute Gasteiger partial charge is 0.278 e. The van der Waals surface area contributed by atoms with Gasteiger partial charge in [0.2, 0.25) is 5.88 Å². The maximum Gasteiger partial charge on any atom is 0.278 e. The van der Waals surface area contributed by atoms with E-state index in [0.717, 1.165) is 0 Å². The molecule has 0 unspecified atom stereocenters. The summed E-state index contributed by atoms with van der Waals surface area (Å²) in [7, 11) is 0. The third-order valence-corrected chi connectivity index (χ3v) is 2.87. The summed E-state index contributed by atoms with van der Waals surface area (Å²) in [5, 5.41) is 10.6. The van der Waals surface area contributed by atoms with Crippen molar-refractivity contribution in [2.24, 2.45) is 0 Å². The Morgan fingerprint density at radius 1 is 1.33 bits per heavy atom. The molecule has 106 valence electrons. The number of amides is 1. The molecular weight excluding hydrogens is 270 g/mol. The molecule has 7 nitrogen and oxygen atoms in total. The topological polar surface area (TPSA) is 85.8 Å². The number of nitrogens with one attached hydrogen (secondary N) is 1. The number of anilines is 1. The predicted molar refractivity (Wildman–Crippen MR) is 75.6 cm³/mol. The van der Waals surface area contributed by atoms with Crippen molar-refractivity contribution in [2.75, 3.05) is 5.32 Å². The molecule has 0 aromatic carbocycles. The van der Waals surface area contributed by atoms with E-state index in [1.165, 1.54) is 0 Å². The molecule has 3 heterocycles. The minimum absolute atomic E-state index is 0.256. The predicted octanol–water partition coefficient (Wildman–Crippen LogP) is 2.21. The molecule has 0 aliphatic carbocycles. The molecule has 1 N–H and O–H groups in total. The van der Waals surface area contributed by atoms with E-state index in [1.807, 2.05) is 25.1 Å². The van der Waals surface area contributed by atoms with E-state index in [1.54, 1.807) is 29.2 Å². The zero-order valence-corrected chi connectivity index (χ0v) is 11.4.